The highest BCUT2D eigenvalue weighted by molar-refractivity contribution is 9.10. The molecule has 0 unspecified atom stereocenters. The molecule has 0 heterocycles. The average Bonchev–Trinajstić information content (AvgIpc) is 2.52. The summed E-state index contributed by atoms with van der Waals surface area (Å²) >= 11 is 3.38. The summed E-state index contributed by atoms with van der Waals surface area (Å²) in [6, 6.07) is 13.6. The van der Waals surface area contributed by atoms with Gasteiger partial charge in [0, 0.05) is 4.47 Å². The molecular formula is C19H22BrNO2. The molecule has 4 heteroatoms. The van der Waals surface area contributed by atoms with Crippen LogP contribution < -0.4 is 10.1 Å². The van der Waals surface area contributed by atoms with Crippen LogP contribution in [0.2, 0.25) is 0 Å². The van der Waals surface area contributed by atoms with Crippen LogP contribution in [-0.2, 0) is 4.79 Å². The monoisotopic (exact) mass is 375 g/mol. The van der Waals surface area contributed by atoms with Crippen molar-refractivity contribution in [3.05, 3.63) is 63.6 Å². The number of nitrogens with one attached hydrogen (secondary N) is 1. The summed E-state index contributed by atoms with van der Waals surface area (Å²) in [4.78, 5) is 12.3. The van der Waals surface area contributed by atoms with E-state index in [0.29, 0.717) is 5.75 Å². The lowest BCUT2D eigenvalue weighted by atomic mass is 10.0. The van der Waals surface area contributed by atoms with Gasteiger partial charge in [-0.15, -0.1) is 0 Å². The number of carbonyl (C=O) groups excluding carboxylic acids is 1. The van der Waals surface area contributed by atoms with E-state index in [-0.39, 0.29) is 11.9 Å². The number of aryl methyl sites for hydroxylation is 2. The van der Waals surface area contributed by atoms with Gasteiger partial charge in [-0.25, -0.2) is 0 Å². The fourth-order valence-electron chi connectivity index (χ4n) is 2.22. The molecule has 0 fully saturated rings. The Kier molecular flexibility index (Phi) is 5.83. The zero-order valence-electron chi connectivity index (χ0n) is 13.9. The second kappa shape index (κ2) is 7.64. The summed E-state index contributed by atoms with van der Waals surface area (Å²) in [6.07, 6.45) is -0.551. The van der Waals surface area contributed by atoms with Gasteiger partial charge in [0.2, 0.25) is 0 Å². The Morgan fingerprint density at radius 2 is 1.70 bits per heavy atom. The van der Waals surface area contributed by atoms with E-state index in [0.717, 1.165) is 10.0 Å². The van der Waals surface area contributed by atoms with Gasteiger partial charge in [-0.3, -0.25) is 4.79 Å². The number of benzene rings is 2. The first-order chi connectivity index (χ1) is 10.9. The number of rotatable bonds is 5. The van der Waals surface area contributed by atoms with Crippen LogP contribution >= 0.6 is 15.9 Å². The first-order valence-electron chi connectivity index (χ1n) is 7.66. The topological polar surface area (TPSA) is 38.3 Å². The van der Waals surface area contributed by atoms with Gasteiger partial charge in [0.15, 0.2) is 6.10 Å². The molecule has 1 N–H and O–H groups in total. The van der Waals surface area contributed by atoms with E-state index < -0.39 is 6.10 Å². The summed E-state index contributed by atoms with van der Waals surface area (Å²) in [7, 11) is 0. The molecule has 2 aromatic rings. The standard InChI is InChI=1S/C19H22BrNO2/c1-12-5-6-16(11-13(12)2)14(3)21-19(22)15(4)23-18-9-7-17(20)8-10-18/h5-11,14-15H,1-4H3,(H,21,22)/t14-,15+/m1/s1. The van der Waals surface area contributed by atoms with Crippen molar-refractivity contribution in [2.75, 3.05) is 0 Å². The van der Waals surface area contributed by atoms with E-state index in [1.807, 2.05) is 37.3 Å². The van der Waals surface area contributed by atoms with E-state index in [4.69, 9.17) is 4.74 Å². The number of ether oxygens (including phenoxy) is 1. The second-order valence-electron chi connectivity index (χ2n) is 5.79. The maximum absolute atomic E-state index is 12.3. The molecule has 0 aliphatic rings. The summed E-state index contributed by atoms with van der Waals surface area (Å²) in [6.45, 7) is 7.89. The Balaban J connectivity index is 1.96. The molecule has 2 rings (SSSR count). The molecule has 3 nitrogen and oxygen atoms in total. The maximum Gasteiger partial charge on any atom is 0.261 e. The van der Waals surface area contributed by atoms with Crippen LogP contribution in [-0.4, -0.2) is 12.0 Å². The van der Waals surface area contributed by atoms with Crippen LogP contribution in [0.1, 0.15) is 36.6 Å². The van der Waals surface area contributed by atoms with Crippen molar-refractivity contribution in [3.63, 3.8) is 0 Å². The molecule has 1 amide bonds. The molecule has 0 saturated heterocycles. The molecule has 0 saturated carbocycles. The molecule has 122 valence electrons. The van der Waals surface area contributed by atoms with Gasteiger partial charge in [0.25, 0.3) is 5.91 Å². The minimum Gasteiger partial charge on any atom is -0.481 e. The van der Waals surface area contributed by atoms with Gasteiger partial charge >= 0.3 is 0 Å². The Hall–Kier alpha value is -1.81. The van der Waals surface area contributed by atoms with Crippen molar-refractivity contribution in [1.82, 2.24) is 5.32 Å². The zero-order valence-corrected chi connectivity index (χ0v) is 15.5. The number of amides is 1. The van der Waals surface area contributed by atoms with E-state index in [9.17, 15) is 4.79 Å². The summed E-state index contributed by atoms with van der Waals surface area (Å²) in [5.41, 5.74) is 3.57. The maximum atomic E-state index is 12.3. The predicted octanol–water partition coefficient (Wildman–Crippen LogP) is 4.71. The van der Waals surface area contributed by atoms with Gasteiger partial charge in [0.05, 0.1) is 6.04 Å². The summed E-state index contributed by atoms with van der Waals surface area (Å²) < 4.78 is 6.65. The van der Waals surface area contributed by atoms with Crippen LogP contribution in [0.4, 0.5) is 0 Å². The zero-order chi connectivity index (χ0) is 17.0. The molecule has 0 aromatic heterocycles. The number of hydrogen-bond donors (Lipinski definition) is 1. The smallest absolute Gasteiger partial charge is 0.261 e. The fourth-order valence-corrected chi connectivity index (χ4v) is 2.48. The van der Waals surface area contributed by atoms with Crippen LogP contribution in [0.25, 0.3) is 0 Å². The Labute approximate surface area is 146 Å². The average molecular weight is 376 g/mol. The third-order valence-electron chi connectivity index (χ3n) is 3.89. The molecule has 0 radical (unpaired) electrons. The Morgan fingerprint density at radius 1 is 1.04 bits per heavy atom. The largest absolute Gasteiger partial charge is 0.481 e. The van der Waals surface area contributed by atoms with Crippen LogP contribution in [0.3, 0.4) is 0 Å². The van der Waals surface area contributed by atoms with Crippen molar-refractivity contribution < 1.29 is 9.53 Å². The molecule has 23 heavy (non-hydrogen) atoms. The second-order valence-corrected chi connectivity index (χ2v) is 6.70. The van der Waals surface area contributed by atoms with E-state index >= 15 is 0 Å². The van der Waals surface area contributed by atoms with Gasteiger partial charge in [-0.1, -0.05) is 34.1 Å². The normalized spacial score (nSPS) is 13.3. The quantitative estimate of drug-likeness (QED) is 0.821. The first-order valence-corrected chi connectivity index (χ1v) is 8.46. The van der Waals surface area contributed by atoms with Crippen molar-refractivity contribution in [3.8, 4) is 5.75 Å². The third-order valence-corrected chi connectivity index (χ3v) is 4.41. The van der Waals surface area contributed by atoms with Gasteiger partial charge in [-0.05, 0) is 68.7 Å². The minimum absolute atomic E-state index is 0.0576. The fraction of sp³-hybridized carbons (Fsp3) is 0.316. The lowest BCUT2D eigenvalue weighted by Crippen LogP contribution is -2.37. The Morgan fingerprint density at radius 3 is 2.30 bits per heavy atom. The number of carbonyl (C=O) groups is 1. The van der Waals surface area contributed by atoms with Crippen molar-refractivity contribution >= 4 is 21.8 Å². The molecule has 0 spiro atoms. The molecule has 0 aliphatic carbocycles. The minimum atomic E-state index is -0.551. The number of halogens is 1. The molecule has 2 atom stereocenters. The van der Waals surface area contributed by atoms with Gasteiger partial charge in [-0.2, -0.15) is 0 Å². The molecule has 0 aliphatic heterocycles. The highest BCUT2D eigenvalue weighted by atomic mass is 79.9. The molecular weight excluding hydrogens is 354 g/mol. The van der Waals surface area contributed by atoms with Crippen LogP contribution in [0, 0.1) is 13.8 Å². The predicted molar refractivity (Wildman–Crippen MR) is 96.7 cm³/mol. The lowest BCUT2D eigenvalue weighted by molar-refractivity contribution is -0.127. The van der Waals surface area contributed by atoms with Crippen LogP contribution in [0.5, 0.6) is 5.75 Å². The van der Waals surface area contributed by atoms with Gasteiger partial charge in [0.1, 0.15) is 5.75 Å². The highest BCUT2D eigenvalue weighted by Crippen LogP contribution is 2.19. The van der Waals surface area contributed by atoms with Crippen molar-refractivity contribution in [2.24, 2.45) is 0 Å². The third kappa shape index (κ3) is 4.83. The Bertz CT molecular complexity index is 682. The van der Waals surface area contributed by atoms with Crippen molar-refractivity contribution in [1.29, 1.82) is 0 Å². The van der Waals surface area contributed by atoms with Gasteiger partial charge < -0.3 is 10.1 Å². The summed E-state index contributed by atoms with van der Waals surface area (Å²) in [5, 5.41) is 3.00. The SMILES string of the molecule is Cc1ccc([C@@H](C)NC(=O)[C@H](C)Oc2ccc(Br)cc2)cc1C. The molecule has 0 bridgehead atoms. The van der Waals surface area contributed by atoms with E-state index in [1.165, 1.54) is 11.1 Å². The van der Waals surface area contributed by atoms with E-state index in [2.05, 4.69) is 47.2 Å². The van der Waals surface area contributed by atoms with Crippen molar-refractivity contribution in [2.45, 2.75) is 39.8 Å². The van der Waals surface area contributed by atoms with Crippen LogP contribution in [0.15, 0.2) is 46.9 Å². The summed E-state index contributed by atoms with van der Waals surface area (Å²) in [5.74, 6) is 0.549. The molecule has 2 aromatic carbocycles. The first kappa shape index (κ1) is 17.5. The number of hydrogen-bond acceptors (Lipinski definition) is 2. The lowest BCUT2D eigenvalue weighted by Gasteiger charge is -2.19. The highest BCUT2D eigenvalue weighted by Gasteiger charge is 2.18. The van der Waals surface area contributed by atoms with E-state index in [1.54, 1.807) is 6.92 Å².